The zero-order chi connectivity index (χ0) is 20.4. The van der Waals surface area contributed by atoms with Gasteiger partial charge in [0.25, 0.3) is 5.91 Å². The topological polar surface area (TPSA) is 88.3 Å². The van der Waals surface area contributed by atoms with E-state index in [4.69, 9.17) is 9.51 Å². The second-order valence-electron chi connectivity index (χ2n) is 7.42. The number of aryl methyl sites for hydroxylation is 1. The molecule has 8 heteroatoms. The van der Waals surface area contributed by atoms with Crippen LogP contribution in [0, 0.1) is 6.92 Å². The summed E-state index contributed by atoms with van der Waals surface area (Å²) in [6.07, 6.45) is 6.20. The van der Waals surface area contributed by atoms with Gasteiger partial charge in [0.2, 0.25) is 5.95 Å². The maximum atomic E-state index is 13.2. The van der Waals surface area contributed by atoms with Crippen molar-refractivity contribution in [2.45, 2.75) is 32.2 Å². The van der Waals surface area contributed by atoms with Gasteiger partial charge < -0.3 is 14.3 Å². The number of carbonyl (C=O) groups is 1. The van der Waals surface area contributed by atoms with Crippen molar-refractivity contribution >= 4 is 11.9 Å². The summed E-state index contributed by atoms with van der Waals surface area (Å²) in [5.74, 6) is 1.12. The van der Waals surface area contributed by atoms with E-state index in [-0.39, 0.29) is 11.9 Å². The molecule has 1 atom stereocenters. The number of nitrogens with zero attached hydrogens (tertiary/aromatic N) is 6. The number of carbonyl (C=O) groups excluding carboxylic acids is 1. The quantitative estimate of drug-likeness (QED) is 0.673. The summed E-state index contributed by atoms with van der Waals surface area (Å²) in [5, 5.41) is 4.01. The first-order chi connectivity index (χ1) is 14.0. The van der Waals surface area contributed by atoms with E-state index in [2.05, 4.69) is 15.1 Å². The van der Waals surface area contributed by atoms with Crippen LogP contribution in [0.25, 0.3) is 11.3 Å². The molecule has 0 aromatic carbocycles. The molecule has 0 spiro atoms. The van der Waals surface area contributed by atoms with Gasteiger partial charge in [0, 0.05) is 39.1 Å². The smallest absolute Gasteiger partial charge is 0.273 e. The first-order valence-electron chi connectivity index (χ1n) is 9.74. The molecule has 1 unspecified atom stereocenters. The van der Waals surface area contributed by atoms with E-state index in [9.17, 15) is 4.79 Å². The Balaban J connectivity index is 1.79. The molecule has 0 radical (unpaired) electrons. The lowest BCUT2D eigenvalue weighted by atomic mass is 9.95. The van der Waals surface area contributed by atoms with E-state index in [0.29, 0.717) is 23.9 Å². The molecule has 1 aliphatic heterocycles. The SMILES string of the molecule is Cc1cc(-c2cnc(N(C)C)nc2C2CCCCN2C(=O)c2ccccn2)on1. The van der Waals surface area contributed by atoms with Gasteiger partial charge in [-0.2, -0.15) is 0 Å². The Labute approximate surface area is 169 Å². The molecule has 1 saturated heterocycles. The summed E-state index contributed by atoms with van der Waals surface area (Å²) in [5.41, 5.74) is 2.77. The van der Waals surface area contributed by atoms with Gasteiger partial charge in [-0.25, -0.2) is 9.97 Å². The molecule has 0 aliphatic carbocycles. The molecule has 1 amide bonds. The van der Waals surface area contributed by atoms with Gasteiger partial charge in [-0.3, -0.25) is 9.78 Å². The van der Waals surface area contributed by atoms with E-state index < -0.39 is 0 Å². The van der Waals surface area contributed by atoms with Gasteiger partial charge in [-0.1, -0.05) is 11.2 Å². The highest BCUT2D eigenvalue weighted by molar-refractivity contribution is 5.92. The number of likely N-dealkylation sites (tertiary alicyclic amines) is 1. The van der Waals surface area contributed by atoms with Crippen molar-refractivity contribution in [2.24, 2.45) is 0 Å². The van der Waals surface area contributed by atoms with Gasteiger partial charge >= 0.3 is 0 Å². The Bertz CT molecular complexity index is 1000. The first-order valence-corrected chi connectivity index (χ1v) is 9.74. The summed E-state index contributed by atoms with van der Waals surface area (Å²) in [6.45, 7) is 2.54. The fourth-order valence-electron chi connectivity index (χ4n) is 3.63. The predicted octanol–water partition coefficient (Wildman–Crippen LogP) is 3.27. The number of piperidine rings is 1. The minimum absolute atomic E-state index is 0.0833. The van der Waals surface area contributed by atoms with Crippen LogP contribution < -0.4 is 4.90 Å². The van der Waals surface area contributed by atoms with Gasteiger partial charge in [-0.05, 0) is 38.3 Å². The average molecular weight is 392 g/mol. The number of rotatable bonds is 4. The third-order valence-electron chi connectivity index (χ3n) is 5.06. The second-order valence-corrected chi connectivity index (χ2v) is 7.42. The van der Waals surface area contributed by atoms with Crippen LogP contribution in [0.1, 0.15) is 47.2 Å². The number of hydrogen-bond donors (Lipinski definition) is 0. The van der Waals surface area contributed by atoms with Crippen LogP contribution in [0.5, 0.6) is 0 Å². The van der Waals surface area contributed by atoms with Crippen LogP contribution in [0.4, 0.5) is 5.95 Å². The highest BCUT2D eigenvalue weighted by Crippen LogP contribution is 2.37. The van der Waals surface area contributed by atoms with Crippen LogP contribution in [0.2, 0.25) is 0 Å². The fourth-order valence-corrected chi connectivity index (χ4v) is 3.63. The van der Waals surface area contributed by atoms with E-state index in [1.807, 2.05) is 49.0 Å². The molecule has 3 aromatic rings. The van der Waals surface area contributed by atoms with Crippen molar-refractivity contribution in [1.82, 2.24) is 25.0 Å². The van der Waals surface area contributed by atoms with Crippen molar-refractivity contribution in [1.29, 1.82) is 0 Å². The molecule has 8 nitrogen and oxygen atoms in total. The lowest BCUT2D eigenvalue weighted by Crippen LogP contribution is -2.39. The third-order valence-corrected chi connectivity index (χ3v) is 5.06. The molecule has 4 heterocycles. The molecule has 3 aromatic heterocycles. The molecular weight excluding hydrogens is 368 g/mol. The van der Waals surface area contributed by atoms with Crippen molar-refractivity contribution in [2.75, 3.05) is 25.5 Å². The largest absolute Gasteiger partial charge is 0.356 e. The Morgan fingerprint density at radius 3 is 2.79 bits per heavy atom. The number of anilines is 1. The van der Waals surface area contributed by atoms with Gasteiger partial charge in [-0.15, -0.1) is 0 Å². The van der Waals surface area contributed by atoms with Crippen molar-refractivity contribution < 1.29 is 9.32 Å². The van der Waals surface area contributed by atoms with Crippen LogP contribution >= 0.6 is 0 Å². The zero-order valence-corrected chi connectivity index (χ0v) is 16.9. The van der Waals surface area contributed by atoms with Crippen LogP contribution in [-0.4, -0.2) is 51.6 Å². The summed E-state index contributed by atoms with van der Waals surface area (Å²) >= 11 is 0. The van der Waals surface area contributed by atoms with Crippen molar-refractivity contribution in [3.8, 4) is 11.3 Å². The highest BCUT2D eigenvalue weighted by Gasteiger charge is 2.33. The van der Waals surface area contributed by atoms with Crippen LogP contribution in [-0.2, 0) is 0 Å². The van der Waals surface area contributed by atoms with Gasteiger partial charge in [0.1, 0.15) is 5.69 Å². The molecule has 0 N–H and O–H groups in total. The lowest BCUT2D eigenvalue weighted by molar-refractivity contribution is 0.0600. The maximum absolute atomic E-state index is 13.2. The zero-order valence-electron chi connectivity index (χ0n) is 16.9. The lowest BCUT2D eigenvalue weighted by Gasteiger charge is -2.36. The molecule has 29 heavy (non-hydrogen) atoms. The molecule has 0 bridgehead atoms. The van der Waals surface area contributed by atoms with E-state index in [1.54, 1.807) is 18.5 Å². The van der Waals surface area contributed by atoms with Gasteiger partial charge in [0.05, 0.1) is 23.0 Å². The minimum atomic E-state index is -0.180. The van der Waals surface area contributed by atoms with E-state index in [1.165, 1.54) is 0 Å². The minimum Gasteiger partial charge on any atom is -0.356 e. The summed E-state index contributed by atoms with van der Waals surface area (Å²) in [4.78, 5) is 30.5. The van der Waals surface area contributed by atoms with Crippen LogP contribution in [0.3, 0.4) is 0 Å². The summed E-state index contributed by atoms with van der Waals surface area (Å²) in [6, 6.07) is 7.07. The normalized spacial score (nSPS) is 16.7. The molecule has 1 aliphatic rings. The predicted molar refractivity (Wildman–Crippen MR) is 108 cm³/mol. The Morgan fingerprint density at radius 1 is 1.24 bits per heavy atom. The Morgan fingerprint density at radius 2 is 2.10 bits per heavy atom. The fraction of sp³-hybridized carbons (Fsp3) is 0.381. The number of aromatic nitrogens is 4. The third kappa shape index (κ3) is 3.83. The Hall–Kier alpha value is -3.29. The summed E-state index contributed by atoms with van der Waals surface area (Å²) < 4.78 is 5.50. The van der Waals surface area contributed by atoms with Gasteiger partial charge in [0.15, 0.2) is 5.76 Å². The molecule has 0 saturated carbocycles. The standard InChI is InChI=1S/C21H24N6O2/c1-14-12-18(29-25-14)15-13-23-21(26(2)3)24-19(15)17-9-5-7-11-27(17)20(28)16-8-4-6-10-22-16/h4,6,8,10,12-13,17H,5,7,9,11H2,1-3H3. The van der Waals surface area contributed by atoms with E-state index >= 15 is 0 Å². The highest BCUT2D eigenvalue weighted by atomic mass is 16.5. The average Bonchev–Trinajstić information content (AvgIpc) is 3.19. The number of pyridine rings is 1. The molecule has 1 fully saturated rings. The first kappa shape index (κ1) is 19.0. The number of hydrogen-bond acceptors (Lipinski definition) is 7. The maximum Gasteiger partial charge on any atom is 0.273 e. The second kappa shape index (κ2) is 7.98. The van der Waals surface area contributed by atoms with Crippen molar-refractivity contribution in [3.63, 3.8) is 0 Å². The molecule has 150 valence electrons. The monoisotopic (exact) mass is 392 g/mol. The molecular formula is C21H24N6O2. The van der Waals surface area contributed by atoms with Crippen molar-refractivity contribution in [3.05, 3.63) is 53.7 Å². The van der Waals surface area contributed by atoms with Crippen LogP contribution in [0.15, 0.2) is 41.2 Å². The molecule has 4 rings (SSSR count). The Kier molecular flexibility index (Phi) is 5.24. The van der Waals surface area contributed by atoms with E-state index in [0.717, 1.165) is 36.2 Å². The number of amides is 1. The summed E-state index contributed by atoms with van der Waals surface area (Å²) in [7, 11) is 3.80.